The molecule has 0 spiro atoms. The Hall–Kier alpha value is -1.92. The molecule has 2 aromatic rings. The number of ether oxygens (including phenoxy) is 1. The van der Waals surface area contributed by atoms with Gasteiger partial charge in [-0.2, -0.15) is 4.31 Å². The van der Waals surface area contributed by atoms with Gasteiger partial charge in [0.2, 0.25) is 10.0 Å². The monoisotopic (exact) mass is 391 g/mol. The van der Waals surface area contributed by atoms with Crippen LogP contribution in [0.2, 0.25) is 0 Å². The van der Waals surface area contributed by atoms with E-state index in [1.807, 2.05) is 19.1 Å². The highest BCUT2D eigenvalue weighted by atomic mass is 32.2. The van der Waals surface area contributed by atoms with Crippen LogP contribution in [0.15, 0.2) is 53.4 Å². The van der Waals surface area contributed by atoms with Crippen molar-refractivity contribution >= 4 is 10.0 Å². The summed E-state index contributed by atoms with van der Waals surface area (Å²) in [5, 5.41) is 0. The van der Waals surface area contributed by atoms with Gasteiger partial charge in [-0.05, 0) is 74.4 Å². The van der Waals surface area contributed by atoms with E-state index in [-0.39, 0.29) is 4.90 Å². The fourth-order valence-corrected chi connectivity index (χ4v) is 5.01. The topological polar surface area (TPSA) is 46.6 Å². The van der Waals surface area contributed by atoms with Crippen LogP contribution in [0.3, 0.4) is 0 Å². The maximum absolute atomic E-state index is 13.4. The first-order valence-electron chi connectivity index (χ1n) is 9.46. The molecule has 0 aromatic heterocycles. The van der Waals surface area contributed by atoms with Crippen LogP contribution in [0.1, 0.15) is 31.7 Å². The van der Waals surface area contributed by atoms with E-state index in [9.17, 15) is 12.8 Å². The Labute approximate surface area is 161 Å². The van der Waals surface area contributed by atoms with Crippen LogP contribution in [-0.2, 0) is 16.4 Å². The zero-order valence-electron chi connectivity index (χ0n) is 15.6. The highest BCUT2D eigenvalue weighted by molar-refractivity contribution is 7.89. The van der Waals surface area contributed by atoms with E-state index in [0.29, 0.717) is 25.6 Å². The molecule has 146 valence electrons. The zero-order chi connectivity index (χ0) is 19.3. The summed E-state index contributed by atoms with van der Waals surface area (Å²) in [6.45, 7) is 3.62. The number of piperidine rings is 1. The molecule has 2 aromatic carbocycles. The number of aryl methyl sites for hydroxylation is 1. The maximum Gasteiger partial charge on any atom is 0.243 e. The predicted molar refractivity (Wildman–Crippen MR) is 104 cm³/mol. The van der Waals surface area contributed by atoms with Crippen molar-refractivity contribution in [3.05, 3.63) is 59.9 Å². The van der Waals surface area contributed by atoms with E-state index in [2.05, 4.69) is 12.1 Å². The molecule has 1 aliphatic heterocycles. The van der Waals surface area contributed by atoms with Gasteiger partial charge in [-0.1, -0.05) is 18.2 Å². The molecule has 1 fully saturated rings. The predicted octanol–water partition coefficient (Wildman–Crippen LogP) is 4.26. The van der Waals surface area contributed by atoms with Crippen molar-refractivity contribution in [2.75, 3.05) is 19.7 Å². The minimum Gasteiger partial charge on any atom is -0.494 e. The van der Waals surface area contributed by atoms with Gasteiger partial charge >= 0.3 is 0 Å². The lowest BCUT2D eigenvalue weighted by Crippen LogP contribution is -2.38. The van der Waals surface area contributed by atoms with E-state index in [1.165, 1.54) is 28.1 Å². The number of sulfonamides is 1. The molecule has 1 aliphatic rings. The van der Waals surface area contributed by atoms with Gasteiger partial charge in [-0.15, -0.1) is 0 Å². The molecule has 0 N–H and O–H groups in total. The fourth-order valence-electron chi connectivity index (χ4n) is 3.50. The Kier molecular flexibility index (Phi) is 6.50. The van der Waals surface area contributed by atoms with Crippen molar-refractivity contribution in [3.63, 3.8) is 0 Å². The Morgan fingerprint density at radius 2 is 1.81 bits per heavy atom. The van der Waals surface area contributed by atoms with Crippen LogP contribution in [0.5, 0.6) is 5.75 Å². The summed E-state index contributed by atoms with van der Waals surface area (Å²) in [7, 11) is -3.61. The summed E-state index contributed by atoms with van der Waals surface area (Å²) in [5.74, 6) is 0.869. The summed E-state index contributed by atoms with van der Waals surface area (Å²) < 4.78 is 45.6. The molecule has 1 heterocycles. The van der Waals surface area contributed by atoms with Gasteiger partial charge in [0.15, 0.2) is 0 Å². The van der Waals surface area contributed by atoms with Crippen molar-refractivity contribution in [1.29, 1.82) is 0 Å². The molecule has 0 saturated carbocycles. The van der Waals surface area contributed by atoms with Crippen molar-refractivity contribution in [2.24, 2.45) is 5.92 Å². The number of halogens is 1. The van der Waals surface area contributed by atoms with Crippen molar-refractivity contribution in [2.45, 2.75) is 37.5 Å². The van der Waals surface area contributed by atoms with Crippen molar-refractivity contribution < 1.29 is 17.5 Å². The van der Waals surface area contributed by atoms with E-state index in [1.54, 1.807) is 0 Å². The molecule has 1 saturated heterocycles. The van der Waals surface area contributed by atoms with Crippen LogP contribution in [0.25, 0.3) is 0 Å². The summed E-state index contributed by atoms with van der Waals surface area (Å²) in [5.41, 5.74) is 1.27. The Morgan fingerprint density at radius 3 is 2.44 bits per heavy atom. The van der Waals surface area contributed by atoms with Gasteiger partial charge in [0, 0.05) is 13.1 Å². The van der Waals surface area contributed by atoms with Crippen LogP contribution in [0, 0.1) is 11.7 Å². The van der Waals surface area contributed by atoms with Gasteiger partial charge in [0.05, 0.1) is 11.5 Å². The van der Waals surface area contributed by atoms with Crippen molar-refractivity contribution in [3.8, 4) is 5.75 Å². The second-order valence-corrected chi connectivity index (χ2v) is 8.86. The largest absolute Gasteiger partial charge is 0.494 e. The first-order valence-corrected chi connectivity index (χ1v) is 10.9. The molecule has 27 heavy (non-hydrogen) atoms. The van der Waals surface area contributed by atoms with E-state index >= 15 is 0 Å². The molecule has 0 bridgehead atoms. The molecule has 0 atom stereocenters. The smallest absolute Gasteiger partial charge is 0.243 e. The Bertz CT molecular complexity index is 844. The standard InChI is InChI=1S/C21H26FNO3S/c1-2-26-20-10-8-17(9-11-20)6-7-18-12-14-23(15-13-18)27(24,25)21-5-3-4-19(22)16-21/h3-5,8-11,16,18H,2,6-7,12-15H2,1H3. The molecule has 0 unspecified atom stereocenters. The second-order valence-electron chi connectivity index (χ2n) is 6.92. The summed E-state index contributed by atoms with van der Waals surface area (Å²) in [4.78, 5) is 0.0373. The number of nitrogens with zero attached hydrogens (tertiary/aromatic N) is 1. The molecular weight excluding hydrogens is 365 g/mol. The highest BCUT2D eigenvalue weighted by Gasteiger charge is 2.29. The Balaban J connectivity index is 1.51. The Morgan fingerprint density at radius 1 is 1.11 bits per heavy atom. The van der Waals surface area contributed by atoms with Crippen LogP contribution in [-0.4, -0.2) is 32.4 Å². The van der Waals surface area contributed by atoms with Gasteiger partial charge < -0.3 is 4.74 Å². The molecule has 0 amide bonds. The number of rotatable bonds is 7. The van der Waals surface area contributed by atoms with Crippen LogP contribution >= 0.6 is 0 Å². The molecule has 6 heteroatoms. The zero-order valence-corrected chi connectivity index (χ0v) is 16.4. The van der Waals surface area contributed by atoms with Gasteiger partial charge in [0.25, 0.3) is 0 Å². The third kappa shape index (κ3) is 5.08. The number of hydrogen-bond donors (Lipinski definition) is 0. The van der Waals surface area contributed by atoms with E-state index in [0.717, 1.165) is 37.5 Å². The quantitative estimate of drug-likeness (QED) is 0.709. The van der Waals surface area contributed by atoms with E-state index < -0.39 is 15.8 Å². The minimum absolute atomic E-state index is 0.0373. The first-order chi connectivity index (χ1) is 13.0. The third-order valence-electron chi connectivity index (χ3n) is 5.08. The highest BCUT2D eigenvalue weighted by Crippen LogP contribution is 2.27. The van der Waals surface area contributed by atoms with Crippen LogP contribution in [0.4, 0.5) is 4.39 Å². The average Bonchev–Trinajstić information content (AvgIpc) is 2.68. The lowest BCUT2D eigenvalue weighted by molar-refractivity contribution is 0.263. The average molecular weight is 392 g/mol. The SMILES string of the molecule is CCOc1ccc(CCC2CCN(S(=O)(=O)c3cccc(F)c3)CC2)cc1. The second kappa shape index (κ2) is 8.85. The van der Waals surface area contributed by atoms with Crippen LogP contribution < -0.4 is 4.74 Å². The number of benzene rings is 2. The van der Waals surface area contributed by atoms with E-state index in [4.69, 9.17) is 4.74 Å². The number of hydrogen-bond acceptors (Lipinski definition) is 3. The van der Waals surface area contributed by atoms with Gasteiger partial charge in [0.1, 0.15) is 11.6 Å². The summed E-state index contributed by atoms with van der Waals surface area (Å²) >= 11 is 0. The molecule has 4 nitrogen and oxygen atoms in total. The van der Waals surface area contributed by atoms with Gasteiger partial charge in [-0.25, -0.2) is 12.8 Å². The molecule has 0 aliphatic carbocycles. The van der Waals surface area contributed by atoms with Crippen molar-refractivity contribution in [1.82, 2.24) is 4.31 Å². The maximum atomic E-state index is 13.4. The molecular formula is C21H26FNO3S. The van der Waals surface area contributed by atoms with Gasteiger partial charge in [-0.3, -0.25) is 0 Å². The summed E-state index contributed by atoms with van der Waals surface area (Å²) in [6.07, 6.45) is 3.70. The minimum atomic E-state index is -3.61. The molecule has 3 rings (SSSR count). The third-order valence-corrected chi connectivity index (χ3v) is 6.98. The lowest BCUT2D eigenvalue weighted by atomic mass is 9.91. The summed E-state index contributed by atoms with van der Waals surface area (Å²) in [6, 6.07) is 13.4. The lowest BCUT2D eigenvalue weighted by Gasteiger charge is -2.31. The normalized spacial score (nSPS) is 16.4. The first kappa shape index (κ1) is 19.8. The fraction of sp³-hybridized carbons (Fsp3) is 0.429. The molecule has 0 radical (unpaired) electrons.